The third-order valence-corrected chi connectivity index (χ3v) is 1.47. The van der Waals surface area contributed by atoms with Crippen molar-refractivity contribution in [3.8, 4) is 11.8 Å². The highest BCUT2D eigenvalue weighted by atomic mass is 16.5. The van der Waals surface area contributed by atoms with Gasteiger partial charge in [-0.1, -0.05) is 44.8 Å². The Morgan fingerprint density at radius 3 is 2.57 bits per heavy atom. The van der Waals surface area contributed by atoms with E-state index in [1.165, 1.54) is 0 Å². The fourth-order valence-electron chi connectivity index (χ4n) is 1.13. The Morgan fingerprint density at radius 2 is 2.07 bits per heavy atom. The van der Waals surface area contributed by atoms with Crippen LogP contribution in [0.15, 0.2) is 12.2 Å². The summed E-state index contributed by atoms with van der Waals surface area (Å²) in [6.45, 7) is 11.0. The smallest absolute Gasteiger partial charge is 0.294 e. The van der Waals surface area contributed by atoms with Crippen molar-refractivity contribution in [3.63, 3.8) is 0 Å². The van der Waals surface area contributed by atoms with Gasteiger partial charge in [-0.25, -0.2) is 0 Å². The monoisotopic (exact) mass is 194 g/mol. The summed E-state index contributed by atoms with van der Waals surface area (Å²) in [6.07, 6.45) is 1.65. The molecule has 2 heteroatoms. The molecule has 0 saturated heterocycles. The molecule has 0 rings (SSSR count). The van der Waals surface area contributed by atoms with E-state index in [0.29, 0.717) is 12.9 Å². The highest BCUT2D eigenvalue weighted by molar-refractivity contribution is 5.37. The number of ether oxygens (including phenoxy) is 1. The average molecular weight is 194 g/mol. The summed E-state index contributed by atoms with van der Waals surface area (Å²) in [5.41, 5.74) is 1.38. The van der Waals surface area contributed by atoms with Gasteiger partial charge in [0.25, 0.3) is 6.47 Å². The quantitative estimate of drug-likeness (QED) is 0.297. The Kier molecular flexibility index (Phi) is 5.71. The molecule has 0 saturated carbocycles. The van der Waals surface area contributed by atoms with E-state index < -0.39 is 0 Å². The SMILES string of the molecule is C=C(CC#CCOC=O)CC(C)(C)C. The number of carbonyl (C=O) groups is 1. The van der Waals surface area contributed by atoms with E-state index in [-0.39, 0.29) is 12.0 Å². The van der Waals surface area contributed by atoms with Crippen LogP contribution >= 0.6 is 0 Å². The molecular formula is C12H18O2. The van der Waals surface area contributed by atoms with Gasteiger partial charge < -0.3 is 4.74 Å². The zero-order valence-corrected chi connectivity index (χ0v) is 9.22. The molecule has 0 aliphatic carbocycles. The molecule has 0 heterocycles. The number of carbonyl (C=O) groups excluding carboxylic acids is 1. The summed E-state index contributed by atoms with van der Waals surface area (Å²) in [5.74, 6) is 5.65. The lowest BCUT2D eigenvalue weighted by Crippen LogP contribution is -2.05. The first kappa shape index (κ1) is 12.8. The van der Waals surface area contributed by atoms with Crippen molar-refractivity contribution >= 4 is 6.47 Å². The first-order valence-corrected chi connectivity index (χ1v) is 4.63. The first-order valence-electron chi connectivity index (χ1n) is 4.63. The highest BCUT2D eigenvalue weighted by Gasteiger charge is 2.10. The highest BCUT2D eigenvalue weighted by Crippen LogP contribution is 2.24. The van der Waals surface area contributed by atoms with Crippen LogP contribution in [-0.2, 0) is 9.53 Å². The summed E-state index contributed by atoms with van der Waals surface area (Å²) in [6, 6.07) is 0. The van der Waals surface area contributed by atoms with Gasteiger partial charge in [-0.15, -0.1) is 0 Å². The lowest BCUT2D eigenvalue weighted by atomic mass is 9.87. The van der Waals surface area contributed by atoms with Crippen LogP contribution in [0.1, 0.15) is 33.6 Å². The summed E-state index contributed by atoms with van der Waals surface area (Å²) in [4.78, 5) is 9.78. The maximum Gasteiger partial charge on any atom is 0.294 e. The minimum Gasteiger partial charge on any atom is -0.455 e. The largest absolute Gasteiger partial charge is 0.455 e. The molecule has 0 aliphatic rings. The van der Waals surface area contributed by atoms with Crippen LogP contribution in [0.5, 0.6) is 0 Å². The molecule has 0 atom stereocenters. The fraction of sp³-hybridized carbons (Fsp3) is 0.583. The molecule has 0 aromatic carbocycles. The summed E-state index contributed by atoms with van der Waals surface area (Å²) >= 11 is 0. The van der Waals surface area contributed by atoms with Crippen LogP contribution in [0.2, 0.25) is 0 Å². The molecule has 0 aromatic rings. The second-order valence-corrected chi connectivity index (χ2v) is 4.42. The fourth-order valence-corrected chi connectivity index (χ4v) is 1.13. The summed E-state index contributed by atoms with van der Waals surface area (Å²) in [7, 11) is 0. The number of hydrogen-bond donors (Lipinski definition) is 0. The van der Waals surface area contributed by atoms with Crippen molar-refractivity contribution in [2.24, 2.45) is 5.41 Å². The molecular weight excluding hydrogens is 176 g/mol. The van der Waals surface area contributed by atoms with Gasteiger partial charge in [0.05, 0.1) is 0 Å². The zero-order valence-electron chi connectivity index (χ0n) is 9.22. The van der Waals surface area contributed by atoms with Crippen LogP contribution in [0.25, 0.3) is 0 Å². The molecule has 0 aromatic heterocycles. The molecule has 0 radical (unpaired) electrons. The topological polar surface area (TPSA) is 26.3 Å². The van der Waals surface area contributed by atoms with E-state index in [0.717, 1.165) is 12.0 Å². The van der Waals surface area contributed by atoms with E-state index >= 15 is 0 Å². The van der Waals surface area contributed by atoms with E-state index in [1.807, 2.05) is 0 Å². The van der Waals surface area contributed by atoms with Gasteiger partial charge in [0.15, 0.2) is 6.61 Å². The van der Waals surface area contributed by atoms with Gasteiger partial charge in [0.1, 0.15) is 0 Å². The second kappa shape index (κ2) is 6.26. The molecule has 0 unspecified atom stereocenters. The third kappa shape index (κ3) is 8.86. The van der Waals surface area contributed by atoms with Crippen molar-refractivity contribution in [2.75, 3.05) is 6.61 Å². The van der Waals surface area contributed by atoms with Crippen LogP contribution in [-0.4, -0.2) is 13.1 Å². The van der Waals surface area contributed by atoms with Gasteiger partial charge in [0, 0.05) is 6.42 Å². The Balaban J connectivity index is 3.72. The normalized spacial score (nSPS) is 9.93. The molecule has 0 fully saturated rings. The molecule has 14 heavy (non-hydrogen) atoms. The van der Waals surface area contributed by atoms with E-state index in [1.54, 1.807) is 0 Å². The van der Waals surface area contributed by atoms with Crippen LogP contribution in [0.3, 0.4) is 0 Å². The van der Waals surface area contributed by atoms with E-state index in [4.69, 9.17) is 0 Å². The predicted molar refractivity (Wildman–Crippen MR) is 57.6 cm³/mol. The van der Waals surface area contributed by atoms with Crippen molar-refractivity contribution in [1.82, 2.24) is 0 Å². The summed E-state index contributed by atoms with van der Waals surface area (Å²) < 4.78 is 4.43. The molecule has 78 valence electrons. The standard InChI is InChI=1S/C12H18O2/c1-11(9-12(2,3)4)7-5-6-8-14-10-13/h10H,1,7-9H2,2-4H3. The minimum absolute atomic E-state index is 0.173. The van der Waals surface area contributed by atoms with Crippen LogP contribution in [0, 0.1) is 17.3 Å². The Bertz CT molecular complexity index is 248. The molecule has 0 aliphatic heterocycles. The maximum atomic E-state index is 9.78. The third-order valence-electron chi connectivity index (χ3n) is 1.47. The van der Waals surface area contributed by atoms with Crippen molar-refractivity contribution < 1.29 is 9.53 Å². The van der Waals surface area contributed by atoms with Crippen molar-refractivity contribution in [1.29, 1.82) is 0 Å². The first-order chi connectivity index (χ1) is 6.45. The van der Waals surface area contributed by atoms with Crippen LogP contribution < -0.4 is 0 Å². The van der Waals surface area contributed by atoms with Crippen molar-refractivity contribution in [2.45, 2.75) is 33.6 Å². The molecule has 0 spiro atoms. The van der Waals surface area contributed by atoms with Crippen molar-refractivity contribution in [3.05, 3.63) is 12.2 Å². The van der Waals surface area contributed by atoms with Gasteiger partial charge in [0.2, 0.25) is 0 Å². The number of hydrogen-bond acceptors (Lipinski definition) is 2. The van der Waals surface area contributed by atoms with Crippen LogP contribution in [0.4, 0.5) is 0 Å². The van der Waals surface area contributed by atoms with Gasteiger partial charge in [-0.3, -0.25) is 4.79 Å². The lowest BCUT2D eigenvalue weighted by molar-refractivity contribution is -0.127. The van der Waals surface area contributed by atoms with E-state index in [9.17, 15) is 4.79 Å². The maximum absolute atomic E-state index is 9.78. The number of allylic oxidation sites excluding steroid dienone is 1. The second-order valence-electron chi connectivity index (χ2n) is 4.42. The molecule has 0 bridgehead atoms. The minimum atomic E-state index is 0.173. The summed E-state index contributed by atoms with van der Waals surface area (Å²) in [5, 5.41) is 0. The molecule has 2 nitrogen and oxygen atoms in total. The lowest BCUT2D eigenvalue weighted by Gasteiger charge is -2.18. The molecule has 0 amide bonds. The Labute approximate surface area is 86.3 Å². The molecule has 0 N–H and O–H groups in total. The average Bonchev–Trinajstić information content (AvgIpc) is 2.00. The predicted octanol–water partition coefficient (Wildman–Crippen LogP) is 2.55. The Hall–Kier alpha value is -1.23. The van der Waals surface area contributed by atoms with Gasteiger partial charge in [-0.05, 0) is 11.8 Å². The Morgan fingerprint density at radius 1 is 1.43 bits per heavy atom. The van der Waals surface area contributed by atoms with Gasteiger partial charge >= 0.3 is 0 Å². The zero-order chi connectivity index (χ0) is 11.0. The van der Waals surface area contributed by atoms with Gasteiger partial charge in [-0.2, -0.15) is 0 Å². The number of rotatable bonds is 4. The van der Waals surface area contributed by atoms with E-state index in [2.05, 4.69) is 43.9 Å².